The smallest absolute Gasteiger partial charge is 0.410 e. The summed E-state index contributed by atoms with van der Waals surface area (Å²) in [6.07, 6.45) is 2.31. The molecule has 4 aliphatic heterocycles. The summed E-state index contributed by atoms with van der Waals surface area (Å²) in [5.74, 6) is -1.03. The van der Waals surface area contributed by atoms with Gasteiger partial charge in [0.1, 0.15) is 11.6 Å². The second-order valence-corrected chi connectivity index (χ2v) is 15.0. The van der Waals surface area contributed by atoms with Crippen LogP contribution in [0.1, 0.15) is 64.0 Å². The Morgan fingerprint density at radius 2 is 1.65 bits per heavy atom. The Kier molecular flexibility index (Phi) is 7.76. The number of imidazole rings is 1. The molecular weight excluding hydrogens is 610 g/mol. The van der Waals surface area contributed by atoms with Crippen molar-refractivity contribution in [3.05, 3.63) is 58.5 Å². The first kappa shape index (κ1) is 31.8. The van der Waals surface area contributed by atoms with E-state index in [4.69, 9.17) is 4.74 Å². The van der Waals surface area contributed by atoms with Gasteiger partial charge in [0.05, 0.1) is 23.0 Å². The fraction of sp³-hybridized carbons (Fsp3) is 0.528. The lowest BCUT2D eigenvalue weighted by molar-refractivity contribution is -0.135. The highest BCUT2D eigenvalue weighted by Gasteiger charge is 2.45. The second-order valence-electron chi connectivity index (χ2n) is 15.0. The van der Waals surface area contributed by atoms with Crippen molar-refractivity contribution in [1.29, 1.82) is 5.26 Å². The molecule has 5 heterocycles. The van der Waals surface area contributed by atoms with Crippen molar-refractivity contribution in [2.24, 2.45) is 18.4 Å². The molecule has 2 aromatic carbocycles. The molecule has 0 radical (unpaired) electrons. The highest BCUT2D eigenvalue weighted by molar-refractivity contribution is 6.00. The van der Waals surface area contributed by atoms with Crippen LogP contribution in [0.5, 0.6) is 0 Å². The van der Waals surface area contributed by atoms with Crippen molar-refractivity contribution >= 4 is 40.3 Å². The number of aryl methyl sites for hydroxylation is 1. The minimum absolute atomic E-state index is 0.0405. The Morgan fingerprint density at radius 1 is 0.958 bits per heavy atom. The third kappa shape index (κ3) is 5.69. The fourth-order valence-corrected chi connectivity index (χ4v) is 7.96. The van der Waals surface area contributed by atoms with Gasteiger partial charge < -0.3 is 19.4 Å². The van der Waals surface area contributed by atoms with Crippen LogP contribution in [0.15, 0.2) is 47.3 Å². The monoisotopic (exact) mass is 653 g/mol. The Labute approximate surface area is 279 Å². The first-order chi connectivity index (χ1) is 22.8. The quantitative estimate of drug-likeness (QED) is 0.420. The van der Waals surface area contributed by atoms with E-state index in [0.29, 0.717) is 25.0 Å². The van der Waals surface area contributed by atoms with Gasteiger partial charge in [0.2, 0.25) is 11.8 Å². The number of fused-ring (bicyclic) bond motifs is 1. The predicted molar refractivity (Wildman–Crippen MR) is 181 cm³/mol. The molecule has 12 heteroatoms. The highest BCUT2D eigenvalue weighted by Crippen LogP contribution is 2.44. The first-order valence-electron chi connectivity index (χ1n) is 16.9. The summed E-state index contributed by atoms with van der Waals surface area (Å²) in [6.45, 7) is 10.2. The molecule has 1 aromatic heterocycles. The van der Waals surface area contributed by atoms with E-state index in [1.165, 1.54) is 10.3 Å². The van der Waals surface area contributed by atoms with Gasteiger partial charge in [-0.05, 0) is 75.9 Å². The number of rotatable bonds is 4. The number of anilines is 2. The molecule has 4 aliphatic rings. The minimum atomic E-state index is -0.691. The van der Waals surface area contributed by atoms with Gasteiger partial charge in [0, 0.05) is 75.4 Å². The third-order valence-electron chi connectivity index (χ3n) is 10.7. The average molecular weight is 654 g/mol. The second kappa shape index (κ2) is 11.7. The summed E-state index contributed by atoms with van der Waals surface area (Å²) in [5.41, 5.74) is 4.22. The largest absolute Gasteiger partial charge is 0.444 e. The topological polar surface area (TPSA) is 133 Å². The van der Waals surface area contributed by atoms with E-state index in [2.05, 4.69) is 45.5 Å². The normalized spacial score (nSPS) is 24.1. The van der Waals surface area contributed by atoms with Crippen LogP contribution in [0.25, 0.3) is 11.0 Å². The van der Waals surface area contributed by atoms with Crippen LogP contribution < -0.4 is 20.8 Å². The maximum absolute atomic E-state index is 13.2. The van der Waals surface area contributed by atoms with E-state index in [9.17, 15) is 24.4 Å². The van der Waals surface area contributed by atoms with Crippen LogP contribution in [0.2, 0.25) is 0 Å². The SMILES string of the molecule is Cn1c(=O)n(C2CCC(=O)NC2=O)c2ccc(N3CCC4(CC3)CN(c3ccc([C@@H]5CN(C(=O)OC(C)(C)C)C[C@H]5C#N)cc3)C4)cc21. The average Bonchev–Trinajstić information content (AvgIpc) is 3.58. The summed E-state index contributed by atoms with van der Waals surface area (Å²) >= 11 is 0. The van der Waals surface area contributed by atoms with Gasteiger partial charge in [-0.15, -0.1) is 0 Å². The van der Waals surface area contributed by atoms with Gasteiger partial charge >= 0.3 is 11.8 Å². The Bertz CT molecular complexity index is 1870. The zero-order valence-corrected chi connectivity index (χ0v) is 28.1. The number of aromatic nitrogens is 2. The number of carbonyl (C=O) groups excluding carboxylic acids is 3. The van der Waals surface area contributed by atoms with Crippen molar-refractivity contribution in [2.45, 2.75) is 64.0 Å². The van der Waals surface area contributed by atoms with Crippen LogP contribution in [-0.2, 0) is 21.4 Å². The Morgan fingerprint density at radius 3 is 2.29 bits per heavy atom. The zero-order chi connectivity index (χ0) is 34.0. The lowest BCUT2D eigenvalue weighted by atomic mass is 9.71. The molecular formula is C36H43N7O5. The number of benzene rings is 2. The van der Waals surface area contributed by atoms with E-state index in [0.717, 1.165) is 55.8 Å². The molecule has 3 atom stereocenters. The number of ether oxygens (including phenoxy) is 1. The van der Waals surface area contributed by atoms with E-state index in [-0.39, 0.29) is 41.4 Å². The van der Waals surface area contributed by atoms with Gasteiger partial charge in [-0.1, -0.05) is 12.1 Å². The minimum Gasteiger partial charge on any atom is -0.444 e. The molecule has 4 fully saturated rings. The molecule has 3 amide bonds. The standard InChI is InChI=1S/C36H43N7O5/c1-35(2,3)48-34(47)41-19-24(18-37)27(20-41)23-5-7-25(8-6-23)42-21-36(22-42)13-15-40(16-14-36)26-9-10-28-30(17-26)39(4)33(46)43(28)29-11-12-31(44)38-32(29)45/h5-10,17,24,27,29H,11-16,19-22H2,1-4H3,(H,38,44,45)/t24-,27+,29?/m1/s1. The molecule has 0 saturated carbocycles. The van der Waals surface area contributed by atoms with E-state index in [1.807, 2.05) is 39.0 Å². The van der Waals surface area contributed by atoms with Crippen LogP contribution in [-0.4, -0.2) is 76.8 Å². The van der Waals surface area contributed by atoms with E-state index in [1.54, 1.807) is 16.5 Å². The number of hydrogen-bond acceptors (Lipinski definition) is 8. The number of imide groups is 1. The van der Waals surface area contributed by atoms with Gasteiger partial charge in [-0.25, -0.2) is 9.59 Å². The molecule has 1 unspecified atom stereocenters. The van der Waals surface area contributed by atoms with Gasteiger partial charge in [0.15, 0.2) is 0 Å². The summed E-state index contributed by atoms with van der Waals surface area (Å²) in [5, 5.41) is 12.2. The maximum Gasteiger partial charge on any atom is 0.410 e. The van der Waals surface area contributed by atoms with Crippen molar-refractivity contribution in [2.75, 3.05) is 49.1 Å². The zero-order valence-electron chi connectivity index (χ0n) is 28.1. The van der Waals surface area contributed by atoms with Crippen molar-refractivity contribution in [1.82, 2.24) is 19.4 Å². The lowest BCUT2D eigenvalue weighted by Gasteiger charge is -2.55. The van der Waals surface area contributed by atoms with E-state index >= 15 is 0 Å². The summed E-state index contributed by atoms with van der Waals surface area (Å²) in [7, 11) is 1.73. The summed E-state index contributed by atoms with van der Waals surface area (Å²) < 4.78 is 8.66. The number of nitrogens with zero attached hydrogens (tertiary/aromatic N) is 6. The van der Waals surface area contributed by atoms with Gasteiger partial charge in [-0.3, -0.25) is 24.0 Å². The molecule has 12 nitrogen and oxygen atoms in total. The number of nitrogens with one attached hydrogen (secondary N) is 1. The van der Waals surface area contributed by atoms with Crippen LogP contribution in [0, 0.1) is 22.7 Å². The third-order valence-corrected chi connectivity index (χ3v) is 10.7. The van der Waals surface area contributed by atoms with Crippen molar-refractivity contribution in [3.63, 3.8) is 0 Å². The summed E-state index contributed by atoms with van der Waals surface area (Å²) in [4.78, 5) is 56.5. The predicted octanol–water partition coefficient (Wildman–Crippen LogP) is 3.90. The molecule has 1 spiro atoms. The highest BCUT2D eigenvalue weighted by atomic mass is 16.6. The van der Waals surface area contributed by atoms with Gasteiger partial charge in [0.25, 0.3) is 0 Å². The van der Waals surface area contributed by atoms with Crippen molar-refractivity contribution < 1.29 is 19.1 Å². The molecule has 0 aliphatic carbocycles. The van der Waals surface area contributed by atoms with Crippen LogP contribution in [0.3, 0.4) is 0 Å². The van der Waals surface area contributed by atoms with Crippen molar-refractivity contribution in [3.8, 4) is 6.07 Å². The molecule has 7 rings (SSSR count). The maximum atomic E-state index is 13.2. The van der Waals surface area contributed by atoms with Crippen LogP contribution >= 0.6 is 0 Å². The Balaban J connectivity index is 0.966. The lowest BCUT2D eigenvalue weighted by Crippen LogP contribution is -2.60. The number of carbonyl (C=O) groups is 3. The molecule has 1 N–H and O–H groups in total. The Hall–Kier alpha value is -4.79. The van der Waals surface area contributed by atoms with E-state index < -0.39 is 17.6 Å². The number of nitriles is 1. The molecule has 252 valence electrons. The summed E-state index contributed by atoms with van der Waals surface area (Å²) in [6, 6.07) is 16.2. The molecule has 48 heavy (non-hydrogen) atoms. The fourth-order valence-electron chi connectivity index (χ4n) is 7.96. The van der Waals surface area contributed by atoms with Crippen LogP contribution in [0.4, 0.5) is 16.2 Å². The van der Waals surface area contributed by atoms with Gasteiger partial charge in [-0.2, -0.15) is 5.26 Å². The molecule has 3 aromatic rings. The number of likely N-dealkylation sites (tertiary alicyclic amines) is 1. The molecule has 0 bridgehead atoms. The molecule has 4 saturated heterocycles. The number of hydrogen-bond donors (Lipinski definition) is 1. The number of amides is 3. The first-order valence-corrected chi connectivity index (χ1v) is 16.9. The number of piperidine rings is 2.